The number of halogens is 4. The van der Waals surface area contributed by atoms with Crippen molar-refractivity contribution >= 4 is 40.8 Å². The number of fused-ring (bicyclic) bond motifs is 1. The summed E-state index contributed by atoms with van der Waals surface area (Å²) in [4.78, 5) is 46.6. The summed E-state index contributed by atoms with van der Waals surface area (Å²) in [5, 5.41) is 9.02. The first-order chi connectivity index (χ1) is 24.0. The molecule has 4 aliphatic rings. The second-order valence-corrected chi connectivity index (χ2v) is 14.5. The van der Waals surface area contributed by atoms with Crippen molar-refractivity contribution in [3.05, 3.63) is 58.1 Å². The van der Waals surface area contributed by atoms with Crippen LogP contribution in [0.25, 0.3) is 0 Å². The van der Waals surface area contributed by atoms with E-state index in [-0.39, 0.29) is 47.2 Å². The van der Waals surface area contributed by atoms with Crippen molar-refractivity contribution in [2.75, 3.05) is 56.9 Å². The highest BCUT2D eigenvalue weighted by molar-refractivity contribution is 6.33. The van der Waals surface area contributed by atoms with E-state index in [1.807, 2.05) is 29.2 Å². The number of piperidine rings is 3. The summed E-state index contributed by atoms with van der Waals surface area (Å²) < 4.78 is 41.4. The number of anilines is 2. The lowest BCUT2D eigenvalue weighted by molar-refractivity contribution is -0.137. The van der Waals surface area contributed by atoms with Gasteiger partial charge in [-0.3, -0.25) is 4.79 Å². The zero-order valence-electron chi connectivity index (χ0n) is 28.2. The summed E-state index contributed by atoms with van der Waals surface area (Å²) >= 11 is 6.13. The monoisotopic (exact) mass is 717 g/mol. The van der Waals surface area contributed by atoms with Gasteiger partial charge in [0.25, 0.3) is 0 Å². The van der Waals surface area contributed by atoms with Gasteiger partial charge in [-0.05, 0) is 113 Å². The van der Waals surface area contributed by atoms with Crippen LogP contribution in [0, 0.1) is 5.92 Å². The number of carbonyl (C=O) groups is 3. The Labute approximate surface area is 296 Å². The molecule has 4 heterocycles. The summed E-state index contributed by atoms with van der Waals surface area (Å²) in [6, 6.07) is 8.83. The predicted molar refractivity (Wildman–Crippen MR) is 187 cm³/mol. The molecule has 3 fully saturated rings. The molecule has 5 N–H and O–H groups in total. The summed E-state index contributed by atoms with van der Waals surface area (Å²) in [7, 11) is 0. The van der Waals surface area contributed by atoms with E-state index >= 15 is 0 Å². The second kappa shape index (κ2) is 15.8. The molecule has 4 amide bonds. The highest BCUT2D eigenvalue weighted by atomic mass is 35.5. The van der Waals surface area contributed by atoms with Gasteiger partial charge >= 0.3 is 18.2 Å². The molecule has 0 bridgehead atoms. The molecule has 3 saturated heterocycles. The molecule has 0 saturated carbocycles. The highest BCUT2D eigenvalue weighted by Crippen LogP contribution is 2.38. The number of benzene rings is 2. The van der Waals surface area contributed by atoms with E-state index in [9.17, 15) is 27.6 Å². The SMILES string of the molecule is Nc1c(Cl)cc(C[C@@H](NC(=O)N2CCC(N3CCc4ccccc4NC3=O)CC2)C(=O)CC2CCN(C3CCNCC3)CC2)cc1C(F)(F)F. The first-order valence-electron chi connectivity index (χ1n) is 17.8. The molecule has 6 rings (SSSR count). The lowest BCUT2D eigenvalue weighted by Crippen LogP contribution is -2.54. The van der Waals surface area contributed by atoms with Crippen LogP contribution in [0.5, 0.6) is 0 Å². The van der Waals surface area contributed by atoms with Gasteiger partial charge in [-0.15, -0.1) is 0 Å². The summed E-state index contributed by atoms with van der Waals surface area (Å²) in [6.07, 6.45) is 1.13. The number of ketones is 1. The number of hydrogen-bond acceptors (Lipinski definition) is 6. The van der Waals surface area contributed by atoms with Crippen molar-refractivity contribution in [3.8, 4) is 0 Å². The number of nitrogens with two attached hydrogens (primary N) is 1. The number of rotatable bonds is 8. The summed E-state index contributed by atoms with van der Waals surface area (Å²) in [5.41, 5.74) is 6.09. The Hall–Kier alpha value is -3.55. The first kappa shape index (κ1) is 36.2. The van der Waals surface area contributed by atoms with Gasteiger partial charge in [0.15, 0.2) is 5.78 Å². The van der Waals surface area contributed by atoms with E-state index < -0.39 is 29.5 Å². The summed E-state index contributed by atoms with van der Waals surface area (Å²) in [5.74, 6) is -0.0851. The van der Waals surface area contributed by atoms with E-state index in [4.69, 9.17) is 17.3 Å². The number of alkyl halides is 3. The van der Waals surface area contributed by atoms with Gasteiger partial charge in [-0.25, -0.2) is 9.59 Å². The minimum Gasteiger partial charge on any atom is -0.397 e. The summed E-state index contributed by atoms with van der Waals surface area (Å²) in [6.45, 7) is 5.13. The van der Waals surface area contributed by atoms with Crippen LogP contribution in [0.15, 0.2) is 36.4 Å². The number of nitrogens with zero attached hydrogens (tertiary/aromatic N) is 3. The Morgan fingerprint density at radius 2 is 1.66 bits per heavy atom. The van der Waals surface area contributed by atoms with Crippen molar-refractivity contribution in [3.63, 3.8) is 0 Å². The molecule has 0 spiro atoms. The van der Waals surface area contributed by atoms with Crippen LogP contribution in [-0.2, 0) is 23.8 Å². The number of para-hydroxylation sites is 1. The average Bonchev–Trinajstić information content (AvgIpc) is 3.27. The van der Waals surface area contributed by atoms with E-state index in [0.29, 0.717) is 38.5 Å². The van der Waals surface area contributed by atoms with Crippen LogP contribution in [0.1, 0.15) is 61.6 Å². The number of nitrogen functional groups attached to an aromatic ring is 1. The molecular weight excluding hydrogens is 671 g/mol. The third kappa shape index (κ3) is 8.66. The molecule has 0 radical (unpaired) electrons. The number of hydrogen-bond donors (Lipinski definition) is 4. The molecule has 0 unspecified atom stereocenters. The van der Waals surface area contributed by atoms with Crippen molar-refractivity contribution in [1.82, 2.24) is 25.3 Å². The number of urea groups is 2. The van der Waals surface area contributed by atoms with E-state index in [1.165, 1.54) is 6.07 Å². The molecule has 4 aliphatic heterocycles. The van der Waals surface area contributed by atoms with Crippen LogP contribution < -0.4 is 21.7 Å². The molecule has 50 heavy (non-hydrogen) atoms. The Kier molecular flexibility index (Phi) is 11.4. The van der Waals surface area contributed by atoms with Crippen LogP contribution in [0.3, 0.4) is 0 Å². The number of nitrogens with one attached hydrogen (secondary N) is 3. The maximum Gasteiger partial charge on any atom is 0.418 e. The molecular formula is C36H47ClF3N7O3. The fraction of sp³-hybridized carbons (Fsp3) is 0.583. The largest absolute Gasteiger partial charge is 0.418 e. The molecule has 1 atom stereocenters. The molecule has 272 valence electrons. The van der Waals surface area contributed by atoms with Crippen molar-refractivity contribution < 1.29 is 27.6 Å². The first-order valence-corrected chi connectivity index (χ1v) is 18.2. The standard InChI is InChI=1S/C36H47ClF3N7O3/c37-29-20-24(19-28(33(29)41)36(38,39)40)21-31(32(48)22-23-7-14-45(15-8-23)26-5-12-42-13-6-26)44-34(49)46-16-10-27(11-17-46)47-18-9-25-3-1-2-4-30(25)43-35(47)50/h1-4,19-20,23,26-27,31,42H,5-18,21-22,41H2,(H,43,50)(H,44,49)/t31-/m1/s1. The second-order valence-electron chi connectivity index (χ2n) is 14.1. The number of amides is 4. The van der Waals surface area contributed by atoms with Gasteiger partial charge in [-0.1, -0.05) is 29.8 Å². The van der Waals surface area contributed by atoms with E-state index in [2.05, 4.69) is 20.9 Å². The molecule has 10 nitrogen and oxygen atoms in total. The molecule has 0 aliphatic carbocycles. The van der Waals surface area contributed by atoms with Gasteiger partial charge in [0.05, 0.1) is 22.3 Å². The predicted octanol–water partition coefficient (Wildman–Crippen LogP) is 5.54. The van der Waals surface area contributed by atoms with Gasteiger partial charge in [0.1, 0.15) is 0 Å². The molecule has 0 aromatic heterocycles. The van der Waals surface area contributed by atoms with Crippen molar-refractivity contribution in [2.24, 2.45) is 5.92 Å². The Balaban J connectivity index is 1.10. The Morgan fingerprint density at radius 3 is 2.36 bits per heavy atom. The van der Waals surface area contributed by atoms with Crippen LogP contribution in [0.2, 0.25) is 5.02 Å². The smallest absolute Gasteiger partial charge is 0.397 e. The minimum absolute atomic E-state index is 0.0563. The topological polar surface area (TPSA) is 123 Å². The lowest BCUT2D eigenvalue weighted by atomic mass is 9.87. The molecule has 2 aromatic rings. The minimum atomic E-state index is -4.73. The maximum atomic E-state index is 13.9. The number of likely N-dealkylation sites (tertiary alicyclic amines) is 2. The highest BCUT2D eigenvalue weighted by Gasteiger charge is 2.36. The van der Waals surface area contributed by atoms with Crippen molar-refractivity contribution in [1.29, 1.82) is 0 Å². The van der Waals surface area contributed by atoms with Gasteiger partial charge < -0.3 is 36.4 Å². The van der Waals surface area contributed by atoms with Gasteiger partial charge in [-0.2, -0.15) is 13.2 Å². The van der Waals surface area contributed by atoms with Crippen LogP contribution >= 0.6 is 11.6 Å². The van der Waals surface area contributed by atoms with E-state index in [0.717, 1.165) is 75.6 Å². The maximum absolute atomic E-state index is 13.9. The fourth-order valence-electron chi connectivity index (χ4n) is 7.99. The third-order valence-corrected chi connectivity index (χ3v) is 11.2. The van der Waals surface area contributed by atoms with Crippen LogP contribution in [-0.4, -0.2) is 96.5 Å². The van der Waals surface area contributed by atoms with Gasteiger partial charge in [0.2, 0.25) is 0 Å². The third-order valence-electron chi connectivity index (χ3n) is 10.9. The van der Waals surface area contributed by atoms with Gasteiger partial charge in [0, 0.05) is 43.8 Å². The zero-order valence-corrected chi connectivity index (χ0v) is 29.0. The zero-order chi connectivity index (χ0) is 35.4. The fourth-order valence-corrected chi connectivity index (χ4v) is 8.23. The Bertz CT molecular complexity index is 1540. The lowest BCUT2D eigenvalue weighted by Gasteiger charge is -2.39. The van der Waals surface area contributed by atoms with Crippen molar-refractivity contribution in [2.45, 2.75) is 82.1 Å². The number of Topliss-reactive ketones (excluding diaryl/α,β-unsaturated/α-hetero) is 1. The normalized spacial score (nSPS) is 20.9. The average molecular weight is 718 g/mol. The molecule has 14 heteroatoms. The van der Waals surface area contributed by atoms with Crippen LogP contribution in [0.4, 0.5) is 34.1 Å². The quantitative estimate of drug-likeness (QED) is 0.266. The number of carbonyl (C=O) groups excluding carboxylic acids is 3. The Morgan fingerprint density at radius 1 is 0.960 bits per heavy atom. The van der Waals surface area contributed by atoms with E-state index in [1.54, 1.807) is 4.90 Å². The molecule has 2 aromatic carbocycles.